The largest absolute Gasteiger partial charge is 0.196 e. The van der Waals surface area contributed by atoms with Crippen LogP contribution in [-0.4, -0.2) is 0 Å². The fourth-order valence-corrected chi connectivity index (χ4v) is 4.78. The van der Waals surface area contributed by atoms with Gasteiger partial charge in [0.15, 0.2) is 5.83 Å². The van der Waals surface area contributed by atoms with Gasteiger partial charge in [0, 0.05) is 0 Å². The first-order valence-electron chi connectivity index (χ1n) is 9.47. The van der Waals surface area contributed by atoms with E-state index in [4.69, 9.17) is 10.5 Å². The topological polar surface area (TPSA) is 47.6 Å². The lowest BCUT2D eigenvalue weighted by atomic mass is 9.68. The standard InChI is InChI=1S/C22H25FN2/c23-22(15-25)13-16-1-5-18(6-2-16)20-9-11-21(12-10-20)19-7-3-17(14-24)4-8-19/h3-4,7-8,13,16,18,20-21H,1-2,5-6,9-12H2/t16-,18-,20-,21-. The van der Waals surface area contributed by atoms with E-state index in [2.05, 4.69) is 18.2 Å². The maximum absolute atomic E-state index is 13.1. The van der Waals surface area contributed by atoms with Gasteiger partial charge < -0.3 is 0 Å². The quantitative estimate of drug-likeness (QED) is 0.634. The van der Waals surface area contributed by atoms with E-state index in [0.717, 1.165) is 30.2 Å². The van der Waals surface area contributed by atoms with Crippen molar-refractivity contribution in [2.45, 2.75) is 57.3 Å². The van der Waals surface area contributed by atoms with Gasteiger partial charge in [0.2, 0.25) is 0 Å². The first-order chi connectivity index (χ1) is 12.2. The molecule has 3 rings (SSSR count). The van der Waals surface area contributed by atoms with Gasteiger partial charge in [-0.2, -0.15) is 14.9 Å². The van der Waals surface area contributed by atoms with Crippen LogP contribution >= 0.6 is 0 Å². The van der Waals surface area contributed by atoms with Crippen LogP contribution in [0.3, 0.4) is 0 Å². The summed E-state index contributed by atoms with van der Waals surface area (Å²) in [5.74, 6) is 1.85. The Kier molecular flexibility index (Phi) is 5.87. The predicted octanol–water partition coefficient (Wildman–Crippen LogP) is 6.02. The number of nitrogens with zero attached hydrogens (tertiary/aromatic N) is 2. The Morgan fingerprint density at radius 1 is 0.880 bits per heavy atom. The Labute approximate surface area is 150 Å². The molecule has 1 aromatic rings. The average Bonchev–Trinajstić information content (AvgIpc) is 2.69. The Balaban J connectivity index is 1.48. The van der Waals surface area contributed by atoms with Gasteiger partial charge in [-0.25, -0.2) is 0 Å². The highest BCUT2D eigenvalue weighted by molar-refractivity contribution is 5.33. The third-order valence-electron chi connectivity index (χ3n) is 6.26. The zero-order valence-corrected chi connectivity index (χ0v) is 14.6. The third-order valence-corrected chi connectivity index (χ3v) is 6.26. The van der Waals surface area contributed by atoms with Gasteiger partial charge in [-0.3, -0.25) is 0 Å². The lowest BCUT2D eigenvalue weighted by Crippen LogP contribution is -2.25. The van der Waals surface area contributed by atoms with Gasteiger partial charge >= 0.3 is 0 Å². The average molecular weight is 336 g/mol. The van der Waals surface area contributed by atoms with Crippen LogP contribution in [-0.2, 0) is 0 Å². The number of hydrogen-bond acceptors (Lipinski definition) is 2. The lowest BCUT2D eigenvalue weighted by Gasteiger charge is -2.37. The second kappa shape index (κ2) is 8.30. The summed E-state index contributed by atoms with van der Waals surface area (Å²) in [7, 11) is 0. The van der Waals surface area contributed by atoms with E-state index < -0.39 is 5.83 Å². The van der Waals surface area contributed by atoms with Crippen LogP contribution in [0.5, 0.6) is 0 Å². The van der Waals surface area contributed by atoms with Crippen LogP contribution in [0.25, 0.3) is 0 Å². The molecule has 2 aliphatic rings. The zero-order chi connectivity index (χ0) is 17.6. The first-order valence-corrected chi connectivity index (χ1v) is 9.47. The van der Waals surface area contributed by atoms with Crippen molar-refractivity contribution in [3.05, 3.63) is 47.3 Å². The summed E-state index contributed by atoms with van der Waals surface area (Å²) in [5, 5.41) is 17.5. The van der Waals surface area contributed by atoms with Crippen molar-refractivity contribution in [3.8, 4) is 12.1 Å². The molecule has 0 atom stereocenters. The molecule has 2 saturated carbocycles. The maximum Gasteiger partial charge on any atom is 0.196 e. The van der Waals surface area contributed by atoms with Crippen LogP contribution in [0.15, 0.2) is 36.2 Å². The summed E-state index contributed by atoms with van der Waals surface area (Å²) >= 11 is 0. The summed E-state index contributed by atoms with van der Waals surface area (Å²) < 4.78 is 13.1. The monoisotopic (exact) mass is 336 g/mol. The Hall–Kier alpha value is -2.13. The molecule has 0 unspecified atom stereocenters. The van der Waals surface area contributed by atoms with Crippen LogP contribution in [0, 0.1) is 40.4 Å². The lowest BCUT2D eigenvalue weighted by molar-refractivity contribution is 0.171. The number of allylic oxidation sites excluding steroid dienone is 2. The Morgan fingerprint density at radius 2 is 1.44 bits per heavy atom. The number of rotatable bonds is 3. The molecule has 0 bridgehead atoms. The Morgan fingerprint density at radius 3 is 1.96 bits per heavy atom. The van der Waals surface area contributed by atoms with Crippen LogP contribution in [0.4, 0.5) is 4.39 Å². The van der Waals surface area contributed by atoms with Gasteiger partial charge in [0.25, 0.3) is 0 Å². The highest BCUT2D eigenvalue weighted by Crippen LogP contribution is 2.44. The summed E-state index contributed by atoms with van der Waals surface area (Å²) in [6, 6.07) is 11.9. The molecule has 2 nitrogen and oxygen atoms in total. The summed E-state index contributed by atoms with van der Waals surface area (Å²) in [6.07, 6.45) is 10.9. The van der Waals surface area contributed by atoms with Crippen molar-refractivity contribution < 1.29 is 4.39 Å². The van der Waals surface area contributed by atoms with E-state index in [1.54, 1.807) is 6.07 Å². The molecule has 3 heteroatoms. The highest BCUT2D eigenvalue weighted by Gasteiger charge is 2.31. The SMILES string of the molecule is N#CC(F)=C[C@H]1CC[C@H]([C@H]2CC[C@H](c3ccc(C#N)cc3)CC2)CC1. The van der Waals surface area contributed by atoms with Gasteiger partial charge in [0.05, 0.1) is 11.6 Å². The first kappa shape index (κ1) is 17.7. The van der Waals surface area contributed by atoms with E-state index in [-0.39, 0.29) is 5.92 Å². The minimum Gasteiger partial charge on any atom is -0.195 e. The summed E-state index contributed by atoms with van der Waals surface area (Å²) in [4.78, 5) is 0. The molecule has 0 aliphatic heterocycles. The highest BCUT2D eigenvalue weighted by atomic mass is 19.1. The second-order valence-electron chi connectivity index (χ2n) is 7.65. The molecule has 0 N–H and O–H groups in total. The van der Waals surface area contributed by atoms with E-state index in [1.165, 1.54) is 50.2 Å². The molecular weight excluding hydrogens is 311 g/mol. The molecule has 130 valence electrons. The predicted molar refractivity (Wildman–Crippen MR) is 96.1 cm³/mol. The molecule has 0 amide bonds. The number of halogens is 1. The third kappa shape index (κ3) is 4.49. The molecule has 0 saturated heterocycles. The van der Waals surface area contributed by atoms with Gasteiger partial charge in [-0.15, -0.1) is 0 Å². The van der Waals surface area contributed by atoms with Gasteiger partial charge in [-0.05, 0) is 98.8 Å². The number of hydrogen-bond donors (Lipinski definition) is 0. The van der Waals surface area contributed by atoms with Crippen molar-refractivity contribution >= 4 is 0 Å². The van der Waals surface area contributed by atoms with E-state index in [0.29, 0.717) is 5.92 Å². The van der Waals surface area contributed by atoms with Crippen molar-refractivity contribution in [2.24, 2.45) is 17.8 Å². The fourth-order valence-electron chi connectivity index (χ4n) is 4.78. The summed E-state index contributed by atoms with van der Waals surface area (Å²) in [5.41, 5.74) is 2.11. The van der Waals surface area contributed by atoms with E-state index in [1.807, 2.05) is 12.1 Å². The normalized spacial score (nSPS) is 30.3. The van der Waals surface area contributed by atoms with Gasteiger partial charge in [-0.1, -0.05) is 12.1 Å². The molecular formula is C22H25FN2. The molecule has 25 heavy (non-hydrogen) atoms. The minimum atomic E-state index is -0.619. The van der Waals surface area contributed by atoms with Crippen LogP contribution in [0.2, 0.25) is 0 Å². The minimum absolute atomic E-state index is 0.255. The molecule has 0 radical (unpaired) electrons. The maximum atomic E-state index is 13.1. The van der Waals surface area contributed by atoms with E-state index in [9.17, 15) is 4.39 Å². The van der Waals surface area contributed by atoms with Gasteiger partial charge in [0.1, 0.15) is 6.07 Å². The number of nitriles is 2. The van der Waals surface area contributed by atoms with Crippen molar-refractivity contribution in [3.63, 3.8) is 0 Å². The smallest absolute Gasteiger partial charge is 0.195 e. The molecule has 0 spiro atoms. The van der Waals surface area contributed by atoms with Crippen molar-refractivity contribution in [1.29, 1.82) is 10.5 Å². The molecule has 0 aromatic heterocycles. The fraction of sp³-hybridized carbons (Fsp3) is 0.545. The van der Waals surface area contributed by atoms with Crippen LogP contribution in [0.1, 0.15) is 68.4 Å². The Bertz CT molecular complexity index is 676. The summed E-state index contributed by atoms with van der Waals surface area (Å²) in [6.45, 7) is 0. The van der Waals surface area contributed by atoms with Crippen molar-refractivity contribution in [2.75, 3.05) is 0 Å². The van der Waals surface area contributed by atoms with Crippen LogP contribution < -0.4 is 0 Å². The molecule has 1 aromatic carbocycles. The number of benzene rings is 1. The van der Waals surface area contributed by atoms with Crippen molar-refractivity contribution in [1.82, 2.24) is 0 Å². The molecule has 2 fully saturated rings. The zero-order valence-electron chi connectivity index (χ0n) is 14.6. The second-order valence-corrected chi connectivity index (χ2v) is 7.65. The molecule has 0 heterocycles. The molecule has 2 aliphatic carbocycles. The van der Waals surface area contributed by atoms with E-state index >= 15 is 0 Å².